The molecule has 190 valence electrons. The first-order valence-electron chi connectivity index (χ1n) is 11.5. The van der Waals surface area contributed by atoms with Gasteiger partial charge in [-0.2, -0.15) is 13.2 Å². The highest BCUT2D eigenvalue weighted by Gasteiger charge is 2.30. The van der Waals surface area contributed by atoms with Crippen molar-refractivity contribution in [2.24, 2.45) is 0 Å². The van der Waals surface area contributed by atoms with Crippen LogP contribution in [0.3, 0.4) is 0 Å². The molecule has 1 N–H and O–H groups in total. The Labute approximate surface area is 207 Å². The number of esters is 1. The Morgan fingerprint density at radius 1 is 0.944 bits per heavy atom. The van der Waals surface area contributed by atoms with Gasteiger partial charge >= 0.3 is 12.1 Å². The number of unbranched alkanes of at least 4 members (excludes halogenated alkanes) is 1. The summed E-state index contributed by atoms with van der Waals surface area (Å²) in [5.41, 5.74) is 2.08. The van der Waals surface area contributed by atoms with E-state index in [-0.39, 0.29) is 24.8 Å². The summed E-state index contributed by atoms with van der Waals surface area (Å²) in [6.45, 7) is 0.733. The van der Waals surface area contributed by atoms with Crippen LogP contribution in [0.4, 0.5) is 13.2 Å². The highest BCUT2D eigenvalue weighted by molar-refractivity contribution is 5.94. The van der Waals surface area contributed by atoms with Crippen molar-refractivity contribution < 1.29 is 32.2 Å². The van der Waals surface area contributed by atoms with Crippen molar-refractivity contribution in [2.75, 3.05) is 20.3 Å². The summed E-state index contributed by atoms with van der Waals surface area (Å²) in [6.07, 6.45) is -0.860. The maximum Gasteiger partial charge on any atom is 0.417 e. The van der Waals surface area contributed by atoms with Crippen LogP contribution in [0.25, 0.3) is 11.3 Å². The van der Waals surface area contributed by atoms with Crippen molar-refractivity contribution in [1.82, 2.24) is 10.3 Å². The van der Waals surface area contributed by atoms with Crippen LogP contribution < -0.4 is 10.1 Å². The molecule has 2 aromatic carbocycles. The van der Waals surface area contributed by atoms with Crippen LogP contribution in [0, 0.1) is 0 Å². The molecule has 36 heavy (non-hydrogen) atoms. The van der Waals surface area contributed by atoms with Crippen LogP contribution in [0.15, 0.2) is 66.9 Å². The summed E-state index contributed by atoms with van der Waals surface area (Å²) in [6, 6.07) is 16.8. The molecule has 0 radical (unpaired) electrons. The molecule has 6 nitrogen and oxygen atoms in total. The maximum absolute atomic E-state index is 12.7. The molecular formula is C27H27F3N2O4. The molecule has 0 aliphatic rings. The van der Waals surface area contributed by atoms with Gasteiger partial charge in [0.15, 0.2) is 0 Å². The maximum atomic E-state index is 12.7. The number of nitrogens with one attached hydrogen (secondary N) is 1. The number of ether oxygens (including phenoxy) is 2. The quantitative estimate of drug-likeness (QED) is 0.279. The Bertz CT molecular complexity index is 1130. The molecule has 0 aliphatic heterocycles. The fourth-order valence-corrected chi connectivity index (χ4v) is 3.38. The summed E-state index contributed by atoms with van der Waals surface area (Å²) in [5, 5.41) is 2.65. The van der Waals surface area contributed by atoms with Gasteiger partial charge in [0.1, 0.15) is 5.75 Å². The van der Waals surface area contributed by atoms with E-state index in [2.05, 4.69) is 15.0 Å². The lowest BCUT2D eigenvalue weighted by Gasteiger charge is -2.09. The van der Waals surface area contributed by atoms with Crippen molar-refractivity contribution in [3.8, 4) is 17.0 Å². The number of halogens is 3. The van der Waals surface area contributed by atoms with Crippen LogP contribution in [0.5, 0.6) is 5.75 Å². The summed E-state index contributed by atoms with van der Waals surface area (Å²) in [4.78, 5) is 27.1. The lowest BCUT2D eigenvalue weighted by atomic mass is 10.0. The number of amides is 1. The molecule has 3 aromatic rings. The predicted molar refractivity (Wildman–Crippen MR) is 129 cm³/mol. The second-order valence-electron chi connectivity index (χ2n) is 8.04. The zero-order valence-electron chi connectivity index (χ0n) is 19.8. The third-order valence-corrected chi connectivity index (χ3v) is 5.43. The van der Waals surface area contributed by atoms with Crippen LogP contribution in [0.1, 0.15) is 40.7 Å². The molecule has 0 fully saturated rings. The molecule has 0 bridgehead atoms. The number of alkyl halides is 3. The Kier molecular flexibility index (Phi) is 9.44. The average molecular weight is 501 g/mol. The minimum Gasteiger partial charge on any atom is -0.494 e. The molecule has 1 heterocycles. The van der Waals surface area contributed by atoms with E-state index in [9.17, 15) is 22.8 Å². The van der Waals surface area contributed by atoms with Crippen molar-refractivity contribution in [1.29, 1.82) is 0 Å². The zero-order valence-corrected chi connectivity index (χ0v) is 19.8. The van der Waals surface area contributed by atoms with Crippen LogP contribution in [-0.2, 0) is 22.1 Å². The zero-order chi connectivity index (χ0) is 26.0. The number of nitrogens with zero attached hydrogens (tertiary/aromatic N) is 1. The van der Waals surface area contributed by atoms with E-state index in [0.717, 1.165) is 42.7 Å². The monoisotopic (exact) mass is 500 g/mol. The van der Waals surface area contributed by atoms with Gasteiger partial charge in [-0.05, 0) is 61.2 Å². The fourth-order valence-electron chi connectivity index (χ4n) is 3.38. The number of rotatable bonds is 11. The minimum absolute atomic E-state index is 0.115. The van der Waals surface area contributed by atoms with Crippen LogP contribution in [0.2, 0.25) is 0 Å². The molecule has 9 heteroatoms. The summed E-state index contributed by atoms with van der Waals surface area (Å²) in [7, 11) is 1.30. The molecule has 0 saturated carbocycles. The van der Waals surface area contributed by atoms with Gasteiger partial charge < -0.3 is 14.8 Å². The smallest absolute Gasteiger partial charge is 0.417 e. The summed E-state index contributed by atoms with van der Waals surface area (Å²) >= 11 is 0. The van der Waals surface area contributed by atoms with Gasteiger partial charge in [0.2, 0.25) is 0 Å². The van der Waals surface area contributed by atoms with Gasteiger partial charge in [-0.3, -0.25) is 14.6 Å². The Morgan fingerprint density at radius 3 is 2.28 bits per heavy atom. The first kappa shape index (κ1) is 26.7. The molecule has 1 amide bonds. The van der Waals surface area contributed by atoms with Gasteiger partial charge in [0.25, 0.3) is 5.91 Å². The standard InChI is InChI=1S/C27H27F3N2O4/c1-35-25(33)15-16-31-26(34)21-9-12-23(13-10-21)36-17-3-2-4-19-5-7-20(8-6-19)24-14-11-22(18-32-24)27(28,29)30/h5-14,18H,2-4,15-17H2,1H3,(H,31,34). The number of hydrogen-bond donors (Lipinski definition) is 1. The molecule has 0 aliphatic carbocycles. The first-order chi connectivity index (χ1) is 17.3. The Hall–Kier alpha value is -3.88. The van der Waals surface area contributed by atoms with Crippen LogP contribution >= 0.6 is 0 Å². The van der Waals surface area contributed by atoms with Gasteiger partial charge in [-0.25, -0.2) is 0 Å². The third kappa shape index (κ3) is 8.11. The van der Waals surface area contributed by atoms with Crippen molar-refractivity contribution >= 4 is 11.9 Å². The van der Waals surface area contributed by atoms with E-state index in [1.54, 1.807) is 24.3 Å². The lowest BCUT2D eigenvalue weighted by Crippen LogP contribution is -2.26. The number of methoxy groups -OCH3 is 1. The first-order valence-corrected chi connectivity index (χ1v) is 11.5. The fraction of sp³-hybridized carbons (Fsp3) is 0.296. The topological polar surface area (TPSA) is 77.5 Å². The van der Waals surface area contributed by atoms with E-state index < -0.39 is 11.7 Å². The van der Waals surface area contributed by atoms with Crippen LogP contribution in [-0.4, -0.2) is 37.1 Å². The SMILES string of the molecule is COC(=O)CCNC(=O)c1ccc(OCCCCc2ccc(-c3ccc(C(F)(F)F)cn3)cc2)cc1. The molecule has 0 saturated heterocycles. The Morgan fingerprint density at radius 2 is 1.67 bits per heavy atom. The van der Waals surface area contributed by atoms with Crippen molar-refractivity contribution in [3.63, 3.8) is 0 Å². The van der Waals surface area contributed by atoms with E-state index in [0.29, 0.717) is 23.6 Å². The average Bonchev–Trinajstić information content (AvgIpc) is 2.88. The lowest BCUT2D eigenvalue weighted by molar-refractivity contribution is -0.140. The number of hydrogen-bond acceptors (Lipinski definition) is 5. The highest BCUT2D eigenvalue weighted by Crippen LogP contribution is 2.29. The van der Waals surface area contributed by atoms with E-state index >= 15 is 0 Å². The molecule has 1 aromatic heterocycles. The minimum atomic E-state index is -4.40. The van der Waals surface area contributed by atoms with Crippen molar-refractivity contribution in [3.05, 3.63) is 83.6 Å². The third-order valence-electron chi connectivity index (χ3n) is 5.43. The van der Waals surface area contributed by atoms with Gasteiger partial charge in [0, 0.05) is 23.9 Å². The second kappa shape index (κ2) is 12.7. The largest absolute Gasteiger partial charge is 0.494 e. The number of aromatic nitrogens is 1. The molecular weight excluding hydrogens is 473 g/mol. The molecule has 3 rings (SSSR count). The molecule has 0 unspecified atom stereocenters. The number of benzene rings is 2. The van der Waals surface area contributed by atoms with Gasteiger partial charge in [0.05, 0.1) is 31.4 Å². The summed E-state index contributed by atoms with van der Waals surface area (Å²) < 4.78 is 48.3. The van der Waals surface area contributed by atoms with E-state index in [1.165, 1.54) is 13.2 Å². The molecule has 0 atom stereocenters. The Balaban J connectivity index is 1.37. The summed E-state index contributed by atoms with van der Waals surface area (Å²) in [5.74, 6) is 0.00611. The van der Waals surface area contributed by atoms with Crippen molar-refractivity contribution in [2.45, 2.75) is 31.9 Å². The predicted octanol–water partition coefficient (Wildman–Crippen LogP) is 5.46. The number of pyridine rings is 1. The second-order valence-corrected chi connectivity index (χ2v) is 8.04. The van der Waals surface area contributed by atoms with E-state index in [4.69, 9.17) is 4.74 Å². The van der Waals surface area contributed by atoms with Gasteiger partial charge in [-0.15, -0.1) is 0 Å². The molecule has 0 spiro atoms. The van der Waals surface area contributed by atoms with Gasteiger partial charge in [-0.1, -0.05) is 24.3 Å². The normalized spacial score (nSPS) is 11.1. The number of carbonyl (C=O) groups is 2. The number of carbonyl (C=O) groups excluding carboxylic acids is 2. The van der Waals surface area contributed by atoms with E-state index in [1.807, 2.05) is 24.3 Å². The highest BCUT2D eigenvalue weighted by atomic mass is 19.4. The number of aryl methyl sites for hydroxylation is 1.